The maximum absolute atomic E-state index is 10.9. The topological polar surface area (TPSA) is 55.8 Å². The summed E-state index contributed by atoms with van der Waals surface area (Å²) in [6, 6.07) is 2.96. The Kier molecular flexibility index (Phi) is 3.62. The van der Waals surface area contributed by atoms with E-state index >= 15 is 0 Å². The second-order valence-corrected chi connectivity index (χ2v) is 2.92. The smallest absolute Gasteiger partial charge is 0.336 e. The van der Waals surface area contributed by atoms with Gasteiger partial charge in [0.1, 0.15) is 0 Å². The Balaban J connectivity index is 3.47. The fourth-order valence-corrected chi connectivity index (χ4v) is 1.49. The maximum Gasteiger partial charge on any atom is 0.336 e. The van der Waals surface area contributed by atoms with Crippen LogP contribution in [0, 0.1) is 0 Å². The van der Waals surface area contributed by atoms with E-state index in [2.05, 4.69) is 0 Å². The zero-order chi connectivity index (χ0) is 11.4. The number of aromatic carboxylic acids is 1. The van der Waals surface area contributed by atoms with Crippen molar-refractivity contribution >= 4 is 23.6 Å². The second kappa shape index (κ2) is 4.75. The first-order chi connectivity index (χ1) is 7.15. The van der Waals surface area contributed by atoms with Crippen LogP contribution in [0.2, 0.25) is 0 Å². The molecule has 4 nitrogen and oxygen atoms in total. The van der Waals surface area contributed by atoms with Crippen LogP contribution in [0.25, 0.3) is 0 Å². The minimum absolute atomic E-state index is 0.0997. The van der Waals surface area contributed by atoms with Crippen molar-refractivity contribution in [1.29, 1.82) is 0 Å². The van der Waals surface area contributed by atoms with Gasteiger partial charge in [0, 0.05) is 10.9 Å². The standard InChI is InChI=1S/C10H10O4S/c1-13-8-4-3-6(10(11)12)7(5-15)9(8)14-2/h3-5H,1-2H3,(H,11,12). The average Bonchev–Trinajstić information content (AvgIpc) is 2.26. The number of carbonyl (C=O) groups is 1. The van der Waals surface area contributed by atoms with E-state index in [1.54, 1.807) is 0 Å². The number of carboxylic acid groups (broad SMARTS) is 1. The van der Waals surface area contributed by atoms with Gasteiger partial charge in [0.15, 0.2) is 11.5 Å². The van der Waals surface area contributed by atoms with Crippen molar-refractivity contribution in [2.45, 2.75) is 0 Å². The van der Waals surface area contributed by atoms with Gasteiger partial charge in [-0.2, -0.15) is 0 Å². The Morgan fingerprint density at radius 1 is 1.40 bits per heavy atom. The summed E-state index contributed by atoms with van der Waals surface area (Å²) < 4.78 is 10.1. The van der Waals surface area contributed by atoms with E-state index in [1.165, 1.54) is 31.7 Å². The molecule has 0 aliphatic rings. The van der Waals surface area contributed by atoms with Gasteiger partial charge in [-0.1, -0.05) is 12.2 Å². The Morgan fingerprint density at radius 2 is 2.07 bits per heavy atom. The van der Waals surface area contributed by atoms with Crippen molar-refractivity contribution in [2.75, 3.05) is 14.2 Å². The molecule has 0 amide bonds. The summed E-state index contributed by atoms with van der Waals surface area (Å²) in [4.78, 5) is 10.9. The Hall–Kier alpha value is -1.62. The number of benzene rings is 1. The van der Waals surface area contributed by atoms with Gasteiger partial charge in [-0.25, -0.2) is 4.79 Å². The highest BCUT2D eigenvalue weighted by Crippen LogP contribution is 2.32. The van der Waals surface area contributed by atoms with Gasteiger partial charge < -0.3 is 14.6 Å². The number of hydrogen-bond acceptors (Lipinski definition) is 4. The largest absolute Gasteiger partial charge is 0.493 e. The number of ether oxygens (including phenoxy) is 2. The summed E-state index contributed by atoms with van der Waals surface area (Å²) in [5.41, 5.74) is 0.446. The van der Waals surface area contributed by atoms with Crippen molar-refractivity contribution in [3.63, 3.8) is 0 Å². The molecule has 0 atom stereocenters. The fraction of sp³-hybridized carbons (Fsp3) is 0.200. The molecule has 0 heterocycles. The van der Waals surface area contributed by atoms with Gasteiger partial charge in [-0.3, -0.25) is 0 Å². The molecule has 1 rings (SSSR count). The summed E-state index contributed by atoms with van der Waals surface area (Å²) in [6.07, 6.45) is 0. The molecule has 0 aliphatic heterocycles. The van der Waals surface area contributed by atoms with Crippen molar-refractivity contribution in [3.8, 4) is 11.5 Å². The third kappa shape index (κ3) is 2.07. The maximum atomic E-state index is 10.9. The molecular formula is C10H10O4S. The molecule has 0 spiro atoms. The van der Waals surface area contributed by atoms with Crippen molar-refractivity contribution in [1.82, 2.24) is 0 Å². The molecule has 1 aromatic carbocycles. The Labute approximate surface area is 92.4 Å². The van der Waals surface area contributed by atoms with Gasteiger partial charge in [0.25, 0.3) is 0 Å². The van der Waals surface area contributed by atoms with Crippen molar-refractivity contribution in [2.24, 2.45) is 0 Å². The lowest BCUT2D eigenvalue weighted by atomic mass is 10.1. The molecule has 0 fully saturated rings. The molecule has 0 radical (unpaired) electrons. The monoisotopic (exact) mass is 226 g/mol. The second-order valence-electron chi connectivity index (χ2n) is 2.69. The molecule has 0 saturated carbocycles. The first-order valence-electron chi connectivity index (χ1n) is 4.09. The highest BCUT2D eigenvalue weighted by molar-refractivity contribution is 7.79. The van der Waals surface area contributed by atoms with Crippen LogP contribution in [-0.2, 0) is 0 Å². The molecule has 0 saturated heterocycles. The molecule has 1 N–H and O–H groups in total. The summed E-state index contributed by atoms with van der Waals surface area (Å²) >= 11 is 4.76. The van der Waals surface area contributed by atoms with Gasteiger partial charge in [0.05, 0.1) is 19.8 Å². The van der Waals surface area contributed by atoms with Gasteiger partial charge in [-0.05, 0) is 12.1 Å². The van der Waals surface area contributed by atoms with E-state index in [4.69, 9.17) is 26.8 Å². The quantitative estimate of drug-likeness (QED) is 0.793. The molecular weight excluding hydrogens is 216 g/mol. The highest BCUT2D eigenvalue weighted by atomic mass is 32.1. The predicted octanol–water partition coefficient (Wildman–Crippen LogP) is 1.75. The van der Waals surface area contributed by atoms with Crippen LogP contribution in [0.1, 0.15) is 15.9 Å². The predicted molar refractivity (Wildman–Crippen MR) is 59.3 cm³/mol. The van der Waals surface area contributed by atoms with Crippen LogP contribution in [-0.4, -0.2) is 30.7 Å². The fourth-order valence-electron chi connectivity index (χ4n) is 1.25. The van der Waals surface area contributed by atoms with E-state index in [1.807, 2.05) is 0 Å². The first kappa shape index (κ1) is 11.5. The number of carboxylic acids is 1. The Bertz CT molecular complexity index is 401. The molecule has 80 valence electrons. The number of hydrogen-bond donors (Lipinski definition) is 1. The van der Waals surface area contributed by atoms with Crippen molar-refractivity contribution in [3.05, 3.63) is 23.3 Å². The molecule has 0 unspecified atom stereocenters. The van der Waals surface area contributed by atoms with Crippen LogP contribution < -0.4 is 9.47 Å². The van der Waals surface area contributed by atoms with E-state index in [0.29, 0.717) is 17.1 Å². The minimum Gasteiger partial charge on any atom is -0.493 e. The van der Waals surface area contributed by atoms with Crippen LogP contribution >= 0.6 is 12.2 Å². The summed E-state index contributed by atoms with van der Waals surface area (Å²) in [6.45, 7) is 0. The Morgan fingerprint density at radius 3 is 2.47 bits per heavy atom. The zero-order valence-electron chi connectivity index (χ0n) is 8.31. The number of rotatable bonds is 4. The minimum atomic E-state index is -1.05. The average molecular weight is 226 g/mol. The lowest BCUT2D eigenvalue weighted by Gasteiger charge is -2.11. The van der Waals surface area contributed by atoms with Crippen LogP contribution in [0.5, 0.6) is 11.5 Å². The molecule has 15 heavy (non-hydrogen) atoms. The van der Waals surface area contributed by atoms with Gasteiger partial charge >= 0.3 is 5.97 Å². The van der Waals surface area contributed by atoms with Gasteiger partial charge in [0.2, 0.25) is 0 Å². The lowest BCUT2D eigenvalue weighted by Crippen LogP contribution is -2.05. The first-order valence-corrected chi connectivity index (χ1v) is 4.56. The SMILES string of the molecule is COc1ccc(C(=O)O)c(C=S)c1OC. The zero-order valence-corrected chi connectivity index (χ0v) is 9.13. The summed E-state index contributed by atoms with van der Waals surface area (Å²) in [5, 5.41) is 10.2. The molecule has 0 aromatic heterocycles. The highest BCUT2D eigenvalue weighted by Gasteiger charge is 2.16. The van der Waals surface area contributed by atoms with E-state index in [9.17, 15) is 4.79 Å². The molecule has 0 bridgehead atoms. The van der Waals surface area contributed by atoms with Crippen LogP contribution in [0.3, 0.4) is 0 Å². The number of thiocarbonyl (C=S) groups is 1. The third-order valence-electron chi connectivity index (χ3n) is 1.93. The number of methoxy groups -OCH3 is 2. The van der Waals surface area contributed by atoms with Crippen LogP contribution in [0.4, 0.5) is 0 Å². The van der Waals surface area contributed by atoms with E-state index in [-0.39, 0.29) is 5.56 Å². The third-order valence-corrected chi connectivity index (χ3v) is 2.17. The normalized spacial score (nSPS) is 9.47. The van der Waals surface area contributed by atoms with Crippen LogP contribution in [0.15, 0.2) is 12.1 Å². The summed E-state index contributed by atoms with van der Waals surface area (Å²) in [7, 11) is 2.91. The van der Waals surface area contributed by atoms with E-state index < -0.39 is 5.97 Å². The molecule has 1 aromatic rings. The van der Waals surface area contributed by atoms with E-state index in [0.717, 1.165) is 0 Å². The van der Waals surface area contributed by atoms with Crippen molar-refractivity contribution < 1.29 is 19.4 Å². The van der Waals surface area contributed by atoms with Gasteiger partial charge in [-0.15, -0.1) is 0 Å². The lowest BCUT2D eigenvalue weighted by molar-refractivity contribution is 0.0696. The molecule has 0 aliphatic carbocycles. The summed E-state index contributed by atoms with van der Waals surface area (Å²) in [5.74, 6) is -0.252. The molecule has 5 heteroatoms.